The van der Waals surface area contributed by atoms with Crippen LogP contribution in [0.1, 0.15) is 16.8 Å². The summed E-state index contributed by atoms with van der Waals surface area (Å²) in [6.45, 7) is 1.85. The summed E-state index contributed by atoms with van der Waals surface area (Å²) in [6.07, 6.45) is 4.82. The van der Waals surface area contributed by atoms with Crippen LogP contribution >= 0.6 is 0 Å². The number of aromatic nitrogens is 3. The summed E-state index contributed by atoms with van der Waals surface area (Å²) in [4.78, 5) is 11.8. The van der Waals surface area contributed by atoms with E-state index in [0.29, 0.717) is 11.3 Å². The molecule has 0 saturated carbocycles. The minimum absolute atomic E-state index is 0.233. The summed E-state index contributed by atoms with van der Waals surface area (Å²) in [5.74, 6) is 6.08. The van der Waals surface area contributed by atoms with Crippen molar-refractivity contribution in [1.29, 1.82) is 0 Å². The second kappa shape index (κ2) is 4.49. The fraction of sp³-hybridized carbons (Fsp3) is 0.0833. The summed E-state index contributed by atoms with van der Waals surface area (Å²) >= 11 is 0. The fourth-order valence-corrected chi connectivity index (χ4v) is 1.17. The number of pyridine rings is 1. The lowest BCUT2D eigenvalue weighted by Gasteiger charge is -1.97. The zero-order chi connectivity index (χ0) is 12.3. The van der Waals surface area contributed by atoms with E-state index in [0.717, 1.165) is 11.3 Å². The van der Waals surface area contributed by atoms with Crippen LogP contribution in [0.4, 0.5) is 11.6 Å². The highest BCUT2D eigenvalue weighted by Crippen LogP contribution is 2.08. The van der Waals surface area contributed by atoms with E-state index in [-0.39, 0.29) is 5.95 Å². The third-order valence-corrected chi connectivity index (χ3v) is 2.15. The Kier molecular flexibility index (Phi) is 2.88. The highest BCUT2D eigenvalue weighted by molar-refractivity contribution is 5.50. The van der Waals surface area contributed by atoms with Crippen molar-refractivity contribution in [2.24, 2.45) is 0 Å². The maximum atomic E-state index is 5.74. The van der Waals surface area contributed by atoms with E-state index < -0.39 is 0 Å². The first-order chi connectivity index (χ1) is 8.15. The Morgan fingerprint density at radius 1 is 0.941 bits per heavy atom. The maximum absolute atomic E-state index is 5.74. The molecule has 84 valence electrons. The maximum Gasteiger partial charge on any atom is 0.219 e. The quantitative estimate of drug-likeness (QED) is 0.645. The number of aryl methyl sites for hydroxylation is 1. The highest BCUT2D eigenvalue weighted by Gasteiger charge is 1.95. The summed E-state index contributed by atoms with van der Waals surface area (Å²) < 4.78 is 0. The second-order valence-corrected chi connectivity index (χ2v) is 3.48. The van der Waals surface area contributed by atoms with E-state index in [4.69, 9.17) is 11.5 Å². The highest BCUT2D eigenvalue weighted by atomic mass is 15.0. The van der Waals surface area contributed by atoms with E-state index in [2.05, 4.69) is 26.8 Å². The van der Waals surface area contributed by atoms with Crippen molar-refractivity contribution in [2.45, 2.75) is 6.92 Å². The smallest absolute Gasteiger partial charge is 0.219 e. The molecular formula is C12H11N5. The first-order valence-electron chi connectivity index (χ1n) is 4.97. The molecule has 0 unspecified atom stereocenters. The Morgan fingerprint density at radius 3 is 2.18 bits per heavy atom. The molecule has 4 N–H and O–H groups in total. The van der Waals surface area contributed by atoms with Crippen molar-refractivity contribution in [3.63, 3.8) is 0 Å². The van der Waals surface area contributed by atoms with Crippen LogP contribution in [0.25, 0.3) is 0 Å². The molecule has 0 fully saturated rings. The van der Waals surface area contributed by atoms with Gasteiger partial charge in [0.05, 0.1) is 16.9 Å². The van der Waals surface area contributed by atoms with Gasteiger partial charge < -0.3 is 11.5 Å². The van der Waals surface area contributed by atoms with Crippen LogP contribution in [0.15, 0.2) is 24.7 Å². The van der Waals surface area contributed by atoms with Gasteiger partial charge in [-0.2, -0.15) is 0 Å². The molecule has 0 aliphatic carbocycles. The summed E-state index contributed by atoms with van der Waals surface area (Å²) in [6, 6.07) is 1.79. The van der Waals surface area contributed by atoms with Gasteiger partial charge in [0.2, 0.25) is 5.95 Å². The molecule has 0 spiro atoms. The molecule has 2 aromatic rings. The van der Waals surface area contributed by atoms with Gasteiger partial charge in [0, 0.05) is 24.2 Å². The Morgan fingerprint density at radius 2 is 1.53 bits per heavy atom. The van der Waals surface area contributed by atoms with Crippen molar-refractivity contribution in [2.75, 3.05) is 11.5 Å². The van der Waals surface area contributed by atoms with Crippen LogP contribution in [0, 0.1) is 18.8 Å². The van der Waals surface area contributed by atoms with Crippen molar-refractivity contribution in [3.05, 3.63) is 41.5 Å². The van der Waals surface area contributed by atoms with Crippen LogP contribution in [-0.4, -0.2) is 15.0 Å². The molecule has 0 saturated heterocycles. The molecule has 17 heavy (non-hydrogen) atoms. The molecule has 0 bridgehead atoms. The minimum Gasteiger partial charge on any atom is -0.397 e. The molecule has 5 nitrogen and oxygen atoms in total. The Labute approximate surface area is 98.9 Å². The molecule has 2 aromatic heterocycles. The van der Waals surface area contributed by atoms with Crippen molar-refractivity contribution in [1.82, 2.24) is 15.0 Å². The number of nitrogens with two attached hydrogens (primary N) is 2. The summed E-state index contributed by atoms with van der Waals surface area (Å²) in [5, 5.41) is 0. The van der Waals surface area contributed by atoms with E-state index in [1.807, 2.05) is 6.92 Å². The monoisotopic (exact) mass is 225 g/mol. The molecule has 2 rings (SSSR count). The topological polar surface area (TPSA) is 90.7 Å². The molecule has 0 amide bonds. The molecule has 0 aliphatic rings. The first-order valence-corrected chi connectivity index (χ1v) is 4.97. The Bertz CT molecular complexity index is 593. The molecule has 5 heteroatoms. The van der Waals surface area contributed by atoms with Gasteiger partial charge in [0.25, 0.3) is 0 Å². The lowest BCUT2D eigenvalue weighted by Crippen LogP contribution is -1.94. The van der Waals surface area contributed by atoms with E-state index in [1.54, 1.807) is 24.7 Å². The van der Waals surface area contributed by atoms with Gasteiger partial charge in [-0.05, 0) is 13.0 Å². The second-order valence-electron chi connectivity index (χ2n) is 3.48. The normalized spacial score (nSPS) is 9.47. The molecule has 0 atom stereocenters. The van der Waals surface area contributed by atoms with Gasteiger partial charge in [-0.25, -0.2) is 9.97 Å². The minimum atomic E-state index is 0.233. The standard InChI is InChI=1S/C12H11N5/c1-8-11(13)4-9(5-15-8)2-3-10-6-16-12(14)17-7-10/h4-7H,13H2,1H3,(H2,14,16,17). The predicted octanol–water partition coefficient (Wildman–Crippen LogP) is 0.744. The average molecular weight is 225 g/mol. The number of hydrogen-bond acceptors (Lipinski definition) is 5. The van der Waals surface area contributed by atoms with Gasteiger partial charge in [0.15, 0.2) is 0 Å². The number of anilines is 2. The van der Waals surface area contributed by atoms with Crippen LogP contribution < -0.4 is 11.5 Å². The van der Waals surface area contributed by atoms with Gasteiger partial charge in [0.1, 0.15) is 0 Å². The lowest BCUT2D eigenvalue weighted by molar-refractivity contribution is 1.17. The Hall–Kier alpha value is -2.61. The summed E-state index contributed by atoms with van der Waals surface area (Å²) in [5.41, 5.74) is 14.0. The van der Waals surface area contributed by atoms with Crippen molar-refractivity contribution in [3.8, 4) is 11.8 Å². The Balaban J connectivity index is 2.26. The largest absolute Gasteiger partial charge is 0.397 e. The third-order valence-electron chi connectivity index (χ3n) is 2.15. The third kappa shape index (κ3) is 2.69. The van der Waals surface area contributed by atoms with E-state index >= 15 is 0 Å². The van der Waals surface area contributed by atoms with Gasteiger partial charge >= 0.3 is 0 Å². The summed E-state index contributed by atoms with van der Waals surface area (Å²) in [7, 11) is 0. The molecule has 0 aromatic carbocycles. The number of hydrogen-bond donors (Lipinski definition) is 2. The first kappa shape index (κ1) is 10.9. The van der Waals surface area contributed by atoms with Gasteiger partial charge in [-0.15, -0.1) is 0 Å². The molecule has 2 heterocycles. The molecule has 0 radical (unpaired) electrons. The predicted molar refractivity (Wildman–Crippen MR) is 65.8 cm³/mol. The van der Waals surface area contributed by atoms with Crippen LogP contribution in [0.5, 0.6) is 0 Å². The van der Waals surface area contributed by atoms with Gasteiger partial charge in [-0.1, -0.05) is 11.8 Å². The SMILES string of the molecule is Cc1ncc(C#Cc2cnc(N)nc2)cc1N. The lowest BCUT2D eigenvalue weighted by atomic mass is 10.2. The van der Waals surface area contributed by atoms with E-state index in [9.17, 15) is 0 Å². The molecule has 0 aliphatic heterocycles. The van der Waals surface area contributed by atoms with E-state index in [1.165, 1.54) is 0 Å². The fourth-order valence-electron chi connectivity index (χ4n) is 1.17. The van der Waals surface area contributed by atoms with Gasteiger partial charge in [-0.3, -0.25) is 4.98 Å². The van der Waals surface area contributed by atoms with Crippen LogP contribution in [0.2, 0.25) is 0 Å². The zero-order valence-corrected chi connectivity index (χ0v) is 9.31. The molecular weight excluding hydrogens is 214 g/mol. The number of nitrogens with zero attached hydrogens (tertiary/aromatic N) is 3. The average Bonchev–Trinajstić information content (AvgIpc) is 2.33. The number of rotatable bonds is 0. The van der Waals surface area contributed by atoms with Crippen molar-refractivity contribution < 1.29 is 0 Å². The van der Waals surface area contributed by atoms with Crippen LogP contribution in [0.3, 0.4) is 0 Å². The number of nitrogen functional groups attached to an aromatic ring is 2. The van der Waals surface area contributed by atoms with Crippen LogP contribution in [-0.2, 0) is 0 Å². The zero-order valence-electron chi connectivity index (χ0n) is 9.31. The van der Waals surface area contributed by atoms with Crippen molar-refractivity contribution >= 4 is 11.6 Å².